The summed E-state index contributed by atoms with van der Waals surface area (Å²) in [5.74, 6) is 0. The van der Waals surface area contributed by atoms with Crippen molar-refractivity contribution in [3.8, 4) is 5.69 Å². The average Bonchev–Trinajstić information content (AvgIpc) is 3.62. The molecule has 0 amide bonds. The number of rotatable bonds is 4. The van der Waals surface area contributed by atoms with Gasteiger partial charge in [-0.25, -0.2) is 0 Å². The van der Waals surface area contributed by atoms with Gasteiger partial charge in [-0.15, -0.1) is 11.3 Å². The minimum atomic E-state index is 1.13. The molecular formula is C40H26N2S. The van der Waals surface area contributed by atoms with E-state index in [1.807, 2.05) is 11.3 Å². The third-order valence-corrected chi connectivity index (χ3v) is 9.70. The molecule has 2 aromatic heterocycles. The number of aromatic nitrogens is 1. The molecule has 9 aromatic rings. The maximum Gasteiger partial charge on any atom is 0.0619 e. The lowest BCUT2D eigenvalue weighted by atomic mass is 10.1. The maximum absolute atomic E-state index is 2.43. The third-order valence-electron chi connectivity index (χ3n) is 8.56. The number of nitrogens with zero attached hydrogens (tertiary/aromatic N) is 2. The summed E-state index contributed by atoms with van der Waals surface area (Å²) in [5, 5.41) is 7.66. The van der Waals surface area contributed by atoms with Crippen LogP contribution in [0.3, 0.4) is 0 Å². The van der Waals surface area contributed by atoms with E-state index < -0.39 is 0 Å². The van der Waals surface area contributed by atoms with Crippen LogP contribution in [0.4, 0.5) is 17.1 Å². The highest BCUT2D eigenvalue weighted by Crippen LogP contribution is 2.45. The molecule has 202 valence electrons. The smallest absolute Gasteiger partial charge is 0.0619 e. The fraction of sp³-hybridized carbons (Fsp3) is 0. The molecule has 0 spiro atoms. The first-order valence-electron chi connectivity index (χ1n) is 14.6. The van der Waals surface area contributed by atoms with E-state index in [1.165, 1.54) is 58.4 Å². The van der Waals surface area contributed by atoms with Crippen molar-refractivity contribution in [1.29, 1.82) is 0 Å². The molecule has 0 saturated carbocycles. The number of benzene rings is 7. The van der Waals surface area contributed by atoms with Gasteiger partial charge in [0.25, 0.3) is 0 Å². The summed E-state index contributed by atoms with van der Waals surface area (Å²) in [4.78, 5) is 2.40. The summed E-state index contributed by atoms with van der Waals surface area (Å²) in [6.45, 7) is 0. The van der Waals surface area contributed by atoms with Crippen LogP contribution in [0, 0.1) is 0 Å². The number of anilines is 3. The number of fused-ring (bicyclic) bond motifs is 8. The van der Waals surface area contributed by atoms with Crippen LogP contribution >= 0.6 is 11.3 Å². The molecular weight excluding hydrogens is 541 g/mol. The van der Waals surface area contributed by atoms with Crippen molar-refractivity contribution in [1.82, 2.24) is 4.57 Å². The van der Waals surface area contributed by atoms with Gasteiger partial charge in [-0.2, -0.15) is 0 Å². The molecule has 0 unspecified atom stereocenters. The van der Waals surface area contributed by atoms with Crippen molar-refractivity contribution >= 4 is 81.1 Å². The lowest BCUT2D eigenvalue weighted by Crippen LogP contribution is -2.10. The van der Waals surface area contributed by atoms with Gasteiger partial charge in [0.2, 0.25) is 0 Å². The molecule has 0 fully saturated rings. The Kier molecular flexibility index (Phi) is 5.40. The molecule has 0 aliphatic heterocycles. The van der Waals surface area contributed by atoms with E-state index >= 15 is 0 Å². The Balaban J connectivity index is 1.27. The molecule has 0 N–H and O–H groups in total. The minimum absolute atomic E-state index is 1.13. The van der Waals surface area contributed by atoms with Gasteiger partial charge >= 0.3 is 0 Å². The molecule has 7 aromatic carbocycles. The Morgan fingerprint density at radius 2 is 1.12 bits per heavy atom. The second kappa shape index (κ2) is 9.59. The predicted molar refractivity (Wildman–Crippen MR) is 186 cm³/mol. The first-order valence-corrected chi connectivity index (χ1v) is 15.4. The van der Waals surface area contributed by atoms with E-state index in [0.29, 0.717) is 0 Å². The van der Waals surface area contributed by atoms with Crippen LogP contribution in [0.1, 0.15) is 0 Å². The maximum atomic E-state index is 2.43. The summed E-state index contributed by atoms with van der Waals surface area (Å²) in [6, 6.07) is 57.1. The molecule has 0 aliphatic rings. The Morgan fingerprint density at radius 1 is 0.442 bits per heavy atom. The van der Waals surface area contributed by atoms with Crippen molar-refractivity contribution in [2.45, 2.75) is 0 Å². The van der Waals surface area contributed by atoms with Crippen LogP contribution in [0.25, 0.3) is 58.4 Å². The SMILES string of the molecule is c1ccc(N(c2ccc(-n3c4ccccc4c4ccc5ccccc5c43)cc2)c2cccc3sc4ccccc4c23)cc1. The normalized spacial score (nSPS) is 11.7. The number of hydrogen-bond donors (Lipinski definition) is 0. The van der Waals surface area contributed by atoms with Crippen LogP contribution in [0.15, 0.2) is 158 Å². The summed E-state index contributed by atoms with van der Waals surface area (Å²) in [6.07, 6.45) is 0. The van der Waals surface area contributed by atoms with E-state index in [4.69, 9.17) is 0 Å². The van der Waals surface area contributed by atoms with Crippen LogP contribution in [0.5, 0.6) is 0 Å². The predicted octanol–water partition coefficient (Wildman–Crippen LogP) is 11.8. The van der Waals surface area contributed by atoms with E-state index in [1.54, 1.807) is 0 Å². The molecule has 2 heterocycles. The largest absolute Gasteiger partial charge is 0.310 e. The van der Waals surface area contributed by atoms with Gasteiger partial charge in [-0.1, -0.05) is 97.1 Å². The van der Waals surface area contributed by atoms with Gasteiger partial charge in [0.05, 0.1) is 16.7 Å². The van der Waals surface area contributed by atoms with Gasteiger partial charge in [0.1, 0.15) is 0 Å². The minimum Gasteiger partial charge on any atom is -0.310 e. The fourth-order valence-electron chi connectivity index (χ4n) is 6.70. The third kappa shape index (κ3) is 3.72. The lowest BCUT2D eigenvalue weighted by Gasteiger charge is -2.26. The molecule has 2 nitrogen and oxygen atoms in total. The van der Waals surface area contributed by atoms with E-state index in [0.717, 1.165) is 17.1 Å². The van der Waals surface area contributed by atoms with Crippen molar-refractivity contribution < 1.29 is 0 Å². The first-order chi connectivity index (χ1) is 21.3. The summed E-state index contributed by atoms with van der Waals surface area (Å²) in [7, 11) is 0. The Morgan fingerprint density at radius 3 is 1.98 bits per heavy atom. The Labute approximate surface area is 253 Å². The van der Waals surface area contributed by atoms with Crippen molar-refractivity contribution in [2.75, 3.05) is 4.90 Å². The topological polar surface area (TPSA) is 8.17 Å². The highest BCUT2D eigenvalue weighted by molar-refractivity contribution is 7.26. The van der Waals surface area contributed by atoms with Crippen LogP contribution in [-0.4, -0.2) is 4.57 Å². The van der Waals surface area contributed by atoms with Crippen LogP contribution in [-0.2, 0) is 0 Å². The Bertz CT molecular complexity index is 2450. The molecule has 0 atom stereocenters. The summed E-state index contributed by atoms with van der Waals surface area (Å²) < 4.78 is 5.04. The zero-order valence-electron chi connectivity index (χ0n) is 23.3. The van der Waals surface area contributed by atoms with E-state index in [2.05, 4.69) is 167 Å². The van der Waals surface area contributed by atoms with Gasteiger partial charge in [0.15, 0.2) is 0 Å². The van der Waals surface area contributed by atoms with Crippen LogP contribution < -0.4 is 4.90 Å². The van der Waals surface area contributed by atoms with Crippen molar-refractivity contribution in [3.05, 3.63) is 158 Å². The van der Waals surface area contributed by atoms with Gasteiger partial charge in [-0.05, 0) is 66.0 Å². The van der Waals surface area contributed by atoms with Crippen LogP contribution in [0.2, 0.25) is 0 Å². The highest BCUT2D eigenvalue weighted by atomic mass is 32.1. The first kappa shape index (κ1) is 24.2. The highest BCUT2D eigenvalue weighted by Gasteiger charge is 2.19. The zero-order valence-corrected chi connectivity index (χ0v) is 24.1. The summed E-state index contributed by atoms with van der Waals surface area (Å²) >= 11 is 1.86. The standard InChI is InChI=1S/C40H26N2S/c1-2-12-28(13-3-1)41(36-18-10-20-38-39(36)34-16-7-9-19-37(34)43-38)29-22-24-30(25-23-29)42-35-17-8-6-15-32(35)33-26-21-27-11-4-5-14-31(27)40(33)42/h1-26H. The van der Waals surface area contributed by atoms with Crippen molar-refractivity contribution in [2.24, 2.45) is 0 Å². The Hall–Kier alpha value is -5.38. The van der Waals surface area contributed by atoms with Crippen molar-refractivity contribution in [3.63, 3.8) is 0 Å². The number of thiophene rings is 1. The second-order valence-electron chi connectivity index (χ2n) is 11.0. The molecule has 0 saturated heterocycles. The molecule has 0 bridgehead atoms. The second-order valence-corrected chi connectivity index (χ2v) is 12.1. The van der Waals surface area contributed by atoms with Gasteiger partial charge < -0.3 is 9.47 Å². The van der Waals surface area contributed by atoms with E-state index in [-0.39, 0.29) is 0 Å². The number of para-hydroxylation sites is 2. The summed E-state index contributed by atoms with van der Waals surface area (Å²) in [5.41, 5.74) is 7.08. The van der Waals surface area contributed by atoms with Gasteiger partial charge in [0, 0.05) is 53.4 Å². The quantitative estimate of drug-likeness (QED) is 0.206. The monoisotopic (exact) mass is 566 g/mol. The lowest BCUT2D eigenvalue weighted by molar-refractivity contribution is 1.18. The number of hydrogen-bond acceptors (Lipinski definition) is 2. The van der Waals surface area contributed by atoms with Gasteiger partial charge in [-0.3, -0.25) is 0 Å². The van der Waals surface area contributed by atoms with E-state index in [9.17, 15) is 0 Å². The fourth-order valence-corrected chi connectivity index (χ4v) is 7.82. The average molecular weight is 567 g/mol. The molecule has 0 radical (unpaired) electrons. The molecule has 43 heavy (non-hydrogen) atoms. The molecule has 3 heteroatoms. The molecule has 9 rings (SSSR count). The zero-order chi connectivity index (χ0) is 28.3. The molecule has 0 aliphatic carbocycles.